The molecule has 1 aliphatic rings. The number of aryl methyl sites for hydroxylation is 1. The zero-order chi connectivity index (χ0) is 10.1. The molecule has 0 radical (unpaired) electrons. The molecule has 0 amide bonds. The molecule has 0 fully saturated rings. The van der Waals surface area contributed by atoms with E-state index in [1.807, 2.05) is 12.1 Å². The van der Waals surface area contributed by atoms with E-state index in [4.69, 9.17) is 11.6 Å². The van der Waals surface area contributed by atoms with Crippen molar-refractivity contribution in [3.8, 4) is 0 Å². The summed E-state index contributed by atoms with van der Waals surface area (Å²) in [4.78, 5) is 11.5. The number of benzene rings is 1. The number of Topliss-reactive ketones (excluding diaryl/α,β-unsaturated/α-hetero) is 1. The van der Waals surface area contributed by atoms with Crippen LogP contribution in [-0.4, -0.2) is 5.78 Å². The van der Waals surface area contributed by atoms with Crippen molar-refractivity contribution in [2.75, 3.05) is 0 Å². The largest absolute Gasteiger partial charge is 0.299 e. The van der Waals surface area contributed by atoms with Gasteiger partial charge in [0.15, 0.2) is 0 Å². The lowest BCUT2D eigenvalue weighted by Gasteiger charge is -2.24. The second kappa shape index (κ2) is 3.74. The van der Waals surface area contributed by atoms with Crippen LogP contribution in [0.1, 0.15) is 36.8 Å². The molecule has 1 aromatic rings. The van der Waals surface area contributed by atoms with Crippen LogP contribution in [0.5, 0.6) is 0 Å². The van der Waals surface area contributed by atoms with Gasteiger partial charge in [-0.1, -0.05) is 23.7 Å². The van der Waals surface area contributed by atoms with Gasteiger partial charge in [-0.3, -0.25) is 4.79 Å². The Balaban J connectivity index is 2.52. The van der Waals surface area contributed by atoms with Gasteiger partial charge in [-0.15, -0.1) is 0 Å². The van der Waals surface area contributed by atoms with E-state index in [1.165, 1.54) is 5.56 Å². The summed E-state index contributed by atoms with van der Waals surface area (Å²) in [7, 11) is 0. The third-order valence-electron chi connectivity index (χ3n) is 2.92. The van der Waals surface area contributed by atoms with E-state index in [-0.39, 0.29) is 11.7 Å². The van der Waals surface area contributed by atoms with Crippen molar-refractivity contribution in [1.82, 2.24) is 0 Å². The van der Waals surface area contributed by atoms with Crippen LogP contribution in [0.25, 0.3) is 0 Å². The van der Waals surface area contributed by atoms with Gasteiger partial charge in [0.25, 0.3) is 0 Å². The van der Waals surface area contributed by atoms with E-state index in [0.29, 0.717) is 0 Å². The Morgan fingerprint density at radius 2 is 2.29 bits per heavy atom. The summed E-state index contributed by atoms with van der Waals surface area (Å²) in [5.41, 5.74) is 2.33. The number of halogens is 1. The van der Waals surface area contributed by atoms with E-state index in [9.17, 15) is 4.79 Å². The summed E-state index contributed by atoms with van der Waals surface area (Å²) in [5, 5.41) is 0.752. The Kier molecular flexibility index (Phi) is 2.60. The van der Waals surface area contributed by atoms with Gasteiger partial charge in [0.05, 0.1) is 0 Å². The minimum Gasteiger partial charge on any atom is -0.299 e. The Hall–Kier alpha value is -0.820. The van der Waals surface area contributed by atoms with Crippen LogP contribution in [0.4, 0.5) is 0 Å². The van der Waals surface area contributed by atoms with E-state index >= 15 is 0 Å². The third kappa shape index (κ3) is 1.57. The Bertz CT molecular complexity index is 371. The predicted octanol–water partition coefficient (Wildman–Crippen LogP) is 3.35. The first-order chi connectivity index (χ1) is 6.70. The molecule has 0 heterocycles. The molecule has 1 atom stereocenters. The topological polar surface area (TPSA) is 17.1 Å². The first-order valence-corrected chi connectivity index (χ1v) is 5.35. The van der Waals surface area contributed by atoms with Gasteiger partial charge in [0.2, 0.25) is 0 Å². The van der Waals surface area contributed by atoms with Crippen LogP contribution >= 0.6 is 11.6 Å². The first kappa shape index (κ1) is 9.72. The van der Waals surface area contributed by atoms with Gasteiger partial charge >= 0.3 is 0 Å². The van der Waals surface area contributed by atoms with Crippen molar-refractivity contribution in [1.29, 1.82) is 0 Å². The highest BCUT2D eigenvalue weighted by Gasteiger charge is 2.25. The van der Waals surface area contributed by atoms with Gasteiger partial charge in [-0.25, -0.2) is 0 Å². The molecule has 2 rings (SSSR count). The molecule has 0 spiro atoms. The molecule has 0 bridgehead atoms. The Morgan fingerprint density at radius 3 is 3.00 bits per heavy atom. The fourth-order valence-corrected chi connectivity index (χ4v) is 2.56. The molecule has 1 aliphatic carbocycles. The van der Waals surface area contributed by atoms with Crippen molar-refractivity contribution in [2.45, 2.75) is 32.1 Å². The Morgan fingerprint density at radius 1 is 1.50 bits per heavy atom. The maximum atomic E-state index is 11.5. The van der Waals surface area contributed by atoms with Gasteiger partial charge in [-0.2, -0.15) is 0 Å². The molecular weight excluding hydrogens is 196 g/mol. The number of fused-ring (bicyclic) bond motifs is 1. The minimum atomic E-state index is 0.0347. The van der Waals surface area contributed by atoms with Crippen LogP contribution in [0.2, 0.25) is 5.02 Å². The van der Waals surface area contributed by atoms with Gasteiger partial charge < -0.3 is 0 Å². The lowest BCUT2D eigenvalue weighted by atomic mass is 9.81. The predicted molar refractivity (Wildman–Crippen MR) is 57.8 cm³/mol. The third-order valence-corrected chi connectivity index (χ3v) is 3.25. The van der Waals surface area contributed by atoms with E-state index < -0.39 is 0 Å². The van der Waals surface area contributed by atoms with Gasteiger partial charge in [0.1, 0.15) is 5.78 Å². The van der Waals surface area contributed by atoms with Crippen LogP contribution in [0.15, 0.2) is 18.2 Å². The van der Waals surface area contributed by atoms with E-state index in [0.717, 1.165) is 29.8 Å². The quantitative estimate of drug-likeness (QED) is 0.692. The average molecular weight is 209 g/mol. The summed E-state index contributed by atoms with van der Waals surface area (Å²) < 4.78 is 0. The molecule has 1 aromatic carbocycles. The van der Waals surface area contributed by atoms with Crippen molar-refractivity contribution in [3.05, 3.63) is 34.3 Å². The van der Waals surface area contributed by atoms with E-state index in [1.54, 1.807) is 6.92 Å². The number of rotatable bonds is 1. The normalized spacial score (nSPS) is 20.3. The van der Waals surface area contributed by atoms with Crippen molar-refractivity contribution in [2.24, 2.45) is 0 Å². The molecule has 0 aromatic heterocycles. The zero-order valence-electron chi connectivity index (χ0n) is 8.22. The second-order valence-corrected chi connectivity index (χ2v) is 4.28. The number of hydrogen-bond acceptors (Lipinski definition) is 1. The maximum Gasteiger partial charge on any atom is 0.137 e. The summed E-state index contributed by atoms with van der Waals surface area (Å²) >= 11 is 6.13. The zero-order valence-corrected chi connectivity index (χ0v) is 8.97. The van der Waals surface area contributed by atoms with Crippen LogP contribution in [-0.2, 0) is 11.2 Å². The summed E-state index contributed by atoms with van der Waals surface area (Å²) in [5.74, 6) is 0.270. The monoisotopic (exact) mass is 208 g/mol. The molecular formula is C12H13ClO. The molecule has 14 heavy (non-hydrogen) atoms. The van der Waals surface area contributed by atoms with Crippen molar-refractivity contribution in [3.63, 3.8) is 0 Å². The number of ketones is 1. The molecule has 0 saturated carbocycles. The van der Waals surface area contributed by atoms with Crippen molar-refractivity contribution < 1.29 is 4.79 Å². The van der Waals surface area contributed by atoms with Crippen LogP contribution < -0.4 is 0 Å². The van der Waals surface area contributed by atoms with E-state index in [2.05, 4.69) is 6.07 Å². The molecule has 1 unspecified atom stereocenters. The fourth-order valence-electron chi connectivity index (χ4n) is 2.24. The highest BCUT2D eigenvalue weighted by molar-refractivity contribution is 6.31. The second-order valence-electron chi connectivity index (χ2n) is 3.87. The molecule has 2 heteroatoms. The lowest BCUT2D eigenvalue weighted by molar-refractivity contribution is -0.118. The van der Waals surface area contributed by atoms with Crippen molar-refractivity contribution >= 4 is 17.4 Å². The molecule has 74 valence electrons. The number of hydrogen-bond donors (Lipinski definition) is 0. The summed E-state index contributed by atoms with van der Waals surface area (Å²) in [6.45, 7) is 1.66. The Labute approximate surface area is 89.1 Å². The standard InChI is InChI=1S/C12H13ClO/c1-8(14)10-6-2-4-9-5-3-7-11(13)12(9)10/h3,5,7,10H,2,4,6H2,1H3. The maximum absolute atomic E-state index is 11.5. The van der Waals surface area contributed by atoms with Gasteiger partial charge in [0, 0.05) is 10.9 Å². The van der Waals surface area contributed by atoms with Gasteiger partial charge in [-0.05, 0) is 43.4 Å². The highest BCUT2D eigenvalue weighted by Crippen LogP contribution is 2.36. The molecule has 0 aliphatic heterocycles. The summed E-state index contributed by atoms with van der Waals surface area (Å²) in [6, 6.07) is 5.92. The smallest absolute Gasteiger partial charge is 0.137 e. The molecule has 0 N–H and O–H groups in total. The van der Waals surface area contributed by atoms with Crippen LogP contribution in [0, 0.1) is 0 Å². The first-order valence-electron chi connectivity index (χ1n) is 4.98. The average Bonchev–Trinajstić information content (AvgIpc) is 2.17. The van der Waals surface area contributed by atoms with Crippen LogP contribution in [0.3, 0.4) is 0 Å². The SMILES string of the molecule is CC(=O)C1CCCc2cccc(Cl)c21. The molecule has 1 nitrogen and oxygen atoms in total. The fraction of sp³-hybridized carbons (Fsp3) is 0.417. The molecule has 0 saturated heterocycles. The minimum absolute atomic E-state index is 0.0347. The highest BCUT2D eigenvalue weighted by atomic mass is 35.5. The lowest BCUT2D eigenvalue weighted by Crippen LogP contribution is -2.16. The summed E-state index contributed by atoms with van der Waals surface area (Å²) in [6.07, 6.45) is 3.10. The number of carbonyl (C=O) groups is 1. The number of carbonyl (C=O) groups excluding carboxylic acids is 1.